The van der Waals surface area contributed by atoms with E-state index < -0.39 is 0 Å². The molecule has 17 heavy (non-hydrogen) atoms. The quantitative estimate of drug-likeness (QED) is 0.726. The zero-order chi connectivity index (χ0) is 11.8. The Balaban J connectivity index is 2.19. The van der Waals surface area contributed by atoms with Gasteiger partial charge < -0.3 is 10.6 Å². The first kappa shape index (κ1) is 10.4. The van der Waals surface area contributed by atoms with Crippen molar-refractivity contribution in [3.8, 4) is 0 Å². The fourth-order valence-corrected chi connectivity index (χ4v) is 2.25. The van der Waals surface area contributed by atoms with Crippen LogP contribution in [0.15, 0.2) is 30.5 Å². The number of pyridine rings is 1. The molecule has 3 rings (SSSR count). The molecule has 3 heteroatoms. The molecule has 2 heterocycles. The van der Waals surface area contributed by atoms with Crippen molar-refractivity contribution in [2.45, 2.75) is 19.9 Å². The Morgan fingerprint density at radius 2 is 2.06 bits per heavy atom. The number of nitrogens with one attached hydrogen (secondary N) is 2. The summed E-state index contributed by atoms with van der Waals surface area (Å²) in [5, 5.41) is 8.28. The Labute approximate surface area is 101 Å². The van der Waals surface area contributed by atoms with Crippen LogP contribution in [0.5, 0.6) is 0 Å². The predicted octanol–water partition coefficient (Wildman–Crippen LogP) is 3.10. The average molecular weight is 227 g/mol. The monoisotopic (exact) mass is 227 g/mol. The number of rotatable bonds is 0. The number of anilines is 2. The molecule has 0 saturated carbocycles. The molecule has 2 N–H and O–H groups in total. The lowest BCUT2D eigenvalue weighted by Gasteiger charge is -2.18. The summed E-state index contributed by atoms with van der Waals surface area (Å²) in [5.74, 6) is 0.598. The van der Waals surface area contributed by atoms with Gasteiger partial charge in [0.2, 0.25) is 0 Å². The van der Waals surface area contributed by atoms with E-state index in [1.54, 1.807) is 0 Å². The van der Waals surface area contributed by atoms with Gasteiger partial charge in [0, 0.05) is 18.0 Å². The zero-order valence-corrected chi connectivity index (χ0v) is 10.2. The Morgan fingerprint density at radius 3 is 2.94 bits per heavy atom. The van der Waals surface area contributed by atoms with Crippen molar-refractivity contribution >= 4 is 22.3 Å². The molecule has 1 aromatic carbocycles. The van der Waals surface area contributed by atoms with Crippen LogP contribution >= 0.6 is 0 Å². The molecule has 0 bridgehead atoms. The highest BCUT2D eigenvalue weighted by atomic mass is 15.0. The SMILES string of the molecule is CC1CNc2cnc3ccccc3c2NC1C. The third-order valence-electron chi connectivity index (χ3n) is 3.62. The summed E-state index contributed by atoms with van der Waals surface area (Å²) in [5.41, 5.74) is 3.34. The van der Waals surface area contributed by atoms with Gasteiger partial charge in [-0.25, -0.2) is 0 Å². The molecule has 0 aliphatic carbocycles. The van der Waals surface area contributed by atoms with Crippen LogP contribution < -0.4 is 10.6 Å². The minimum atomic E-state index is 0.467. The number of para-hydroxylation sites is 1. The fourth-order valence-electron chi connectivity index (χ4n) is 2.25. The molecule has 88 valence electrons. The molecule has 2 atom stereocenters. The van der Waals surface area contributed by atoms with Gasteiger partial charge in [-0.05, 0) is 18.9 Å². The molecular formula is C14H17N3. The van der Waals surface area contributed by atoms with E-state index in [0.29, 0.717) is 12.0 Å². The van der Waals surface area contributed by atoms with Gasteiger partial charge in [0.1, 0.15) is 0 Å². The van der Waals surface area contributed by atoms with E-state index in [9.17, 15) is 0 Å². The Kier molecular flexibility index (Phi) is 2.39. The highest BCUT2D eigenvalue weighted by Gasteiger charge is 2.19. The first-order valence-corrected chi connectivity index (χ1v) is 6.14. The smallest absolute Gasteiger partial charge is 0.0769 e. The Bertz CT molecular complexity index is 550. The van der Waals surface area contributed by atoms with Crippen LogP contribution in [0.4, 0.5) is 11.4 Å². The van der Waals surface area contributed by atoms with Crippen molar-refractivity contribution in [3.63, 3.8) is 0 Å². The van der Waals surface area contributed by atoms with Crippen LogP contribution in [-0.4, -0.2) is 17.6 Å². The number of nitrogens with zero attached hydrogens (tertiary/aromatic N) is 1. The van der Waals surface area contributed by atoms with Gasteiger partial charge in [0.25, 0.3) is 0 Å². The van der Waals surface area contributed by atoms with Crippen LogP contribution in [0.3, 0.4) is 0 Å². The second-order valence-corrected chi connectivity index (χ2v) is 4.86. The van der Waals surface area contributed by atoms with Gasteiger partial charge in [-0.15, -0.1) is 0 Å². The van der Waals surface area contributed by atoms with Crippen LogP contribution in [0.25, 0.3) is 10.9 Å². The molecule has 0 radical (unpaired) electrons. The maximum absolute atomic E-state index is 4.48. The summed E-state index contributed by atoms with van der Waals surface area (Å²) in [4.78, 5) is 4.48. The maximum Gasteiger partial charge on any atom is 0.0769 e. The molecule has 1 aliphatic rings. The van der Waals surface area contributed by atoms with Crippen LogP contribution in [0.1, 0.15) is 13.8 Å². The molecule has 2 unspecified atom stereocenters. The fraction of sp³-hybridized carbons (Fsp3) is 0.357. The van der Waals surface area contributed by atoms with Crippen molar-refractivity contribution < 1.29 is 0 Å². The number of hydrogen-bond donors (Lipinski definition) is 2. The minimum Gasteiger partial charge on any atom is -0.382 e. The Hall–Kier alpha value is -1.77. The number of hydrogen-bond acceptors (Lipinski definition) is 3. The normalized spacial score (nSPS) is 23.4. The minimum absolute atomic E-state index is 0.467. The van der Waals surface area contributed by atoms with Gasteiger partial charge in [-0.3, -0.25) is 4.98 Å². The molecule has 2 aromatic rings. The van der Waals surface area contributed by atoms with E-state index >= 15 is 0 Å². The van der Waals surface area contributed by atoms with E-state index in [1.807, 2.05) is 12.3 Å². The van der Waals surface area contributed by atoms with Gasteiger partial charge >= 0.3 is 0 Å². The number of benzene rings is 1. The largest absolute Gasteiger partial charge is 0.382 e. The highest BCUT2D eigenvalue weighted by molar-refractivity contribution is 5.97. The maximum atomic E-state index is 4.48. The summed E-state index contributed by atoms with van der Waals surface area (Å²) >= 11 is 0. The summed E-state index contributed by atoms with van der Waals surface area (Å²) in [7, 11) is 0. The Morgan fingerprint density at radius 1 is 1.24 bits per heavy atom. The molecule has 1 aromatic heterocycles. The van der Waals surface area contributed by atoms with Crippen molar-refractivity contribution in [2.75, 3.05) is 17.2 Å². The van der Waals surface area contributed by atoms with Crippen molar-refractivity contribution in [1.29, 1.82) is 0 Å². The van der Waals surface area contributed by atoms with Gasteiger partial charge in [0.05, 0.1) is 23.1 Å². The average Bonchev–Trinajstić information content (AvgIpc) is 2.50. The molecule has 0 fully saturated rings. The van der Waals surface area contributed by atoms with Crippen LogP contribution in [0.2, 0.25) is 0 Å². The van der Waals surface area contributed by atoms with Gasteiger partial charge in [-0.1, -0.05) is 25.1 Å². The second kappa shape index (κ2) is 3.91. The molecule has 0 saturated heterocycles. The van der Waals surface area contributed by atoms with E-state index in [1.165, 1.54) is 11.1 Å². The predicted molar refractivity (Wildman–Crippen MR) is 72.5 cm³/mol. The van der Waals surface area contributed by atoms with Gasteiger partial charge in [0.15, 0.2) is 0 Å². The summed E-state index contributed by atoms with van der Waals surface area (Å²) in [6, 6.07) is 8.73. The van der Waals surface area contributed by atoms with E-state index in [-0.39, 0.29) is 0 Å². The third-order valence-corrected chi connectivity index (χ3v) is 3.62. The summed E-state index contributed by atoms with van der Waals surface area (Å²) < 4.78 is 0. The topological polar surface area (TPSA) is 37.0 Å². The van der Waals surface area contributed by atoms with Crippen LogP contribution in [-0.2, 0) is 0 Å². The lowest BCUT2D eigenvalue weighted by atomic mass is 10.0. The van der Waals surface area contributed by atoms with Gasteiger partial charge in [-0.2, -0.15) is 0 Å². The number of fused-ring (bicyclic) bond motifs is 3. The molecule has 1 aliphatic heterocycles. The standard InChI is InChI=1S/C14H17N3/c1-9-7-15-13-8-16-12-6-4-3-5-11(12)14(13)17-10(9)2/h3-6,8-10,15,17H,7H2,1-2H3. The first-order valence-electron chi connectivity index (χ1n) is 6.14. The van der Waals surface area contributed by atoms with E-state index in [0.717, 1.165) is 17.7 Å². The van der Waals surface area contributed by atoms with Crippen molar-refractivity contribution in [3.05, 3.63) is 30.5 Å². The first-order chi connectivity index (χ1) is 8.25. The van der Waals surface area contributed by atoms with Crippen molar-refractivity contribution in [1.82, 2.24) is 4.98 Å². The van der Waals surface area contributed by atoms with E-state index in [2.05, 4.69) is 47.7 Å². The second-order valence-electron chi connectivity index (χ2n) is 4.86. The molecule has 0 amide bonds. The third kappa shape index (κ3) is 1.71. The lowest BCUT2D eigenvalue weighted by molar-refractivity contribution is 0.542. The highest BCUT2D eigenvalue weighted by Crippen LogP contribution is 2.33. The zero-order valence-electron chi connectivity index (χ0n) is 10.2. The van der Waals surface area contributed by atoms with Crippen molar-refractivity contribution in [2.24, 2.45) is 5.92 Å². The number of aromatic nitrogens is 1. The molecular weight excluding hydrogens is 210 g/mol. The van der Waals surface area contributed by atoms with E-state index in [4.69, 9.17) is 0 Å². The van der Waals surface area contributed by atoms with Crippen LogP contribution in [0, 0.1) is 5.92 Å². The summed E-state index contributed by atoms with van der Waals surface area (Å²) in [6.45, 7) is 5.48. The lowest BCUT2D eigenvalue weighted by Crippen LogP contribution is -2.25. The molecule has 0 spiro atoms. The molecule has 3 nitrogen and oxygen atoms in total. The summed E-state index contributed by atoms with van der Waals surface area (Å²) in [6.07, 6.45) is 1.93.